The Morgan fingerprint density at radius 2 is 2.07 bits per heavy atom. The zero-order chi connectivity index (χ0) is 19.7. The fourth-order valence-corrected chi connectivity index (χ4v) is 4.53. The summed E-state index contributed by atoms with van der Waals surface area (Å²) in [6, 6.07) is 8.31. The van der Waals surface area contributed by atoms with E-state index in [9.17, 15) is 4.79 Å². The molecule has 0 amide bonds. The van der Waals surface area contributed by atoms with Gasteiger partial charge in [0.1, 0.15) is 5.75 Å². The fraction of sp³-hybridized carbons (Fsp3) is 0.476. The average molecular weight is 446 g/mol. The Hall–Kier alpha value is -2.15. The zero-order valence-electron chi connectivity index (χ0n) is 16.0. The Balaban J connectivity index is 1.62. The van der Waals surface area contributed by atoms with Crippen LogP contribution in [0.5, 0.6) is 5.75 Å². The highest BCUT2D eigenvalue weighted by Crippen LogP contribution is 2.45. The van der Waals surface area contributed by atoms with Gasteiger partial charge in [0.25, 0.3) is 0 Å². The number of halogens is 1. The molecule has 7 heteroatoms. The number of nitrogens with zero attached hydrogens (tertiary/aromatic N) is 3. The van der Waals surface area contributed by atoms with Crippen LogP contribution in [0.3, 0.4) is 0 Å². The van der Waals surface area contributed by atoms with Crippen molar-refractivity contribution in [2.75, 3.05) is 13.7 Å². The van der Waals surface area contributed by atoms with Gasteiger partial charge in [-0.15, -0.1) is 0 Å². The van der Waals surface area contributed by atoms with Gasteiger partial charge in [-0.2, -0.15) is 0 Å². The molecule has 1 aromatic rings. The molecular formula is C21H24BrN3O3. The van der Waals surface area contributed by atoms with Crippen LogP contribution in [0.2, 0.25) is 0 Å². The van der Waals surface area contributed by atoms with Crippen molar-refractivity contribution in [3.63, 3.8) is 0 Å². The van der Waals surface area contributed by atoms with Crippen molar-refractivity contribution in [2.45, 2.75) is 38.3 Å². The molecule has 2 aliphatic heterocycles. The predicted octanol–water partition coefficient (Wildman–Crippen LogP) is 4.08. The number of guanidine groups is 1. The van der Waals surface area contributed by atoms with Crippen molar-refractivity contribution in [3.8, 4) is 5.75 Å². The smallest absolute Gasteiger partial charge is 0.309 e. The number of rotatable bonds is 5. The summed E-state index contributed by atoms with van der Waals surface area (Å²) in [5, 5.41) is 0. The van der Waals surface area contributed by atoms with E-state index in [2.05, 4.69) is 38.0 Å². The van der Waals surface area contributed by atoms with Crippen molar-refractivity contribution in [1.29, 1.82) is 0 Å². The molecule has 1 saturated carbocycles. The molecule has 0 radical (unpaired) electrons. The second-order valence-electron chi connectivity index (χ2n) is 7.30. The Bertz CT molecular complexity index is 834. The number of hydrogen-bond donors (Lipinski definition) is 0. The number of methoxy groups -OCH3 is 1. The molecule has 2 heterocycles. The number of fused-ring (bicyclic) bond motifs is 1. The molecule has 4 unspecified atom stereocenters. The summed E-state index contributed by atoms with van der Waals surface area (Å²) in [5.74, 6) is 1.62. The van der Waals surface area contributed by atoms with Crippen molar-refractivity contribution in [3.05, 3.63) is 40.5 Å². The summed E-state index contributed by atoms with van der Waals surface area (Å²) in [4.78, 5) is 23.8. The number of allylic oxidation sites excluding steroid dienone is 1. The summed E-state index contributed by atoms with van der Waals surface area (Å²) in [6.45, 7) is 2.28. The first-order chi connectivity index (χ1) is 13.6. The first-order valence-electron chi connectivity index (χ1n) is 9.68. The molecule has 0 aromatic heterocycles. The van der Waals surface area contributed by atoms with Gasteiger partial charge in [0.2, 0.25) is 5.96 Å². The van der Waals surface area contributed by atoms with Crippen LogP contribution in [0.25, 0.3) is 0 Å². The molecule has 4 atom stereocenters. The van der Waals surface area contributed by atoms with Crippen LogP contribution < -0.4 is 4.74 Å². The molecule has 0 saturated heterocycles. The minimum absolute atomic E-state index is 0.0489. The monoisotopic (exact) mass is 445 g/mol. The summed E-state index contributed by atoms with van der Waals surface area (Å²) in [6.07, 6.45) is 6.52. The maximum absolute atomic E-state index is 12.3. The molecule has 1 aliphatic carbocycles. The number of benzene rings is 1. The Labute approximate surface area is 173 Å². The quantitative estimate of drug-likeness (QED) is 0.640. The lowest BCUT2D eigenvalue weighted by atomic mass is 9.68. The topological polar surface area (TPSA) is 63.5 Å². The highest BCUT2D eigenvalue weighted by atomic mass is 79.9. The van der Waals surface area contributed by atoms with Gasteiger partial charge < -0.3 is 14.4 Å². The van der Waals surface area contributed by atoms with E-state index in [-0.39, 0.29) is 29.9 Å². The van der Waals surface area contributed by atoms with Gasteiger partial charge in [-0.25, -0.2) is 9.98 Å². The number of carbonyl (C=O) groups excluding carboxylic acids is 1. The van der Waals surface area contributed by atoms with Crippen LogP contribution in [-0.4, -0.2) is 42.8 Å². The summed E-state index contributed by atoms with van der Waals surface area (Å²) in [5.41, 5.74) is 1.18. The van der Waals surface area contributed by atoms with E-state index in [1.165, 1.54) is 5.56 Å². The van der Waals surface area contributed by atoms with Gasteiger partial charge in [0.15, 0.2) is 0 Å². The van der Waals surface area contributed by atoms with E-state index in [0.717, 1.165) is 29.5 Å². The van der Waals surface area contributed by atoms with Gasteiger partial charge >= 0.3 is 5.97 Å². The van der Waals surface area contributed by atoms with E-state index in [0.29, 0.717) is 12.6 Å². The summed E-state index contributed by atoms with van der Waals surface area (Å²) >= 11 is 3.52. The lowest BCUT2D eigenvalue weighted by Gasteiger charge is -2.44. The predicted molar refractivity (Wildman–Crippen MR) is 112 cm³/mol. The fourth-order valence-electron chi connectivity index (χ4n) is 4.20. The third-order valence-corrected chi connectivity index (χ3v) is 6.20. The minimum atomic E-state index is -0.0860. The van der Waals surface area contributed by atoms with E-state index < -0.39 is 0 Å². The van der Waals surface area contributed by atoms with Gasteiger partial charge in [-0.1, -0.05) is 12.1 Å². The van der Waals surface area contributed by atoms with Crippen LogP contribution in [-0.2, 0) is 9.53 Å². The first kappa shape index (κ1) is 19.2. The Kier molecular flexibility index (Phi) is 5.53. The second kappa shape index (κ2) is 8.07. The van der Waals surface area contributed by atoms with Crippen molar-refractivity contribution in [1.82, 2.24) is 4.90 Å². The van der Waals surface area contributed by atoms with Crippen molar-refractivity contribution >= 4 is 34.1 Å². The molecule has 148 valence electrons. The molecule has 3 aliphatic rings. The number of carbonyl (C=O) groups is 1. The number of aliphatic imine (C=N–C) groups is 2. The van der Waals surface area contributed by atoms with Crippen LogP contribution in [0.4, 0.5) is 0 Å². The van der Waals surface area contributed by atoms with Crippen molar-refractivity contribution in [2.24, 2.45) is 21.8 Å². The third kappa shape index (κ3) is 3.60. The SMILES string of the molecule is CCOC(=O)C1CCC1C1CC(c2ccc(OC)cc2)N2C=C(Br)C=NC2=N1. The third-order valence-electron chi connectivity index (χ3n) is 5.79. The Morgan fingerprint density at radius 1 is 1.29 bits per heavy atom. The lowest BCUT2D eigenvalue weighted by Crippen LogP contribution is -2.46. The van der Waals surface area contributed by atoms with E-state index in [4.69, 9.17) is 14.5 Å². The van der Waals surface area contributed by atoms with Crippen LogP contribution in [0.15, 0.2) is 44.9 Å². The van der Waals surface area contributed by atoms with Gasteiger partial charge in [-0.3, -0.25) is 4.79 Å². The van der Waals surface area contributed by atoms with E-state index in [1.54, 1.807) is 13.3 Å². The van der Waals surface area contributed by atoms with Gasteiger partial charge in [-0.05, 0) is 65.7 Å². The number of hydrogen-bond acceptors (Lipinski definition) is 6. The number of esters is 1. The first-order valence-corrected chi connectivity index (χ1v) is 10.5. The molecular weight excluding hydrogens is 422 g/mol. The van der Waals surface area contributed by atoms with E-state index >= 15 is 0 Å². The molecule has 0 bridgehead atoms. The summed E-state index contributed by atoms with van der Waals surface area (Å²) < 4.78 is 11.5. The van der Waals surface area contributed by atoms with Gasteiger partial charge in [0, 0.05) is 12.4 Å². The van der Waals surface area contributed by atoms with Crippen LogP contribution >= 0.6 is 15.9 Å². The minimum Gasteiger partial charge on any atom is -0.497 e. The van der Waals surface area contributed by atoms with E-state index in [1.807, 2.05) is 25.3 Å². The molecule has 0 spiro atoms. The largest absolute Gasteiger partial charge is 0.497 e. The highest BCUT2D eigenvalue weighted by Gasteiger charge is 2.45. The Morgan fingerprint density at radius 3 is 2.71 bits per heavy atom. The lowest BCUT2D eigenvalue weighted by molar-refractivity contribution is -0.155. The number of ether oxygens (including phenoxy) is 2. The van der Waals surface area contributed by atoms with Crippen LogP contribution in [0.1, 0.15) is 37.8 Å². The molecule has 4 rings (SSSR count). The molecule has 1 fully saturated rings. The summed E-state index contributed by atoms with van der Waals surface area (Å²) in [7, 11) is 1.67. The normalized spacial score (nSPS) is 28.6. The molecule has 6 nitrogen and oxygen atoms in total. The maximum Gasteiger partial charge on any atom is 0.309 e. The average Bonchev–Trinajstić information content (AvgIpc) is 2.67. The van der Waals surface area contributed by atoms with Gasteiger partial charge in [0.05, 0.1) is 36.2 Å². The van der Waals surface area contributed by atoms with Crippen LogP contribution in [0, 0.1) is 11.8 Å². The maximum atomic E-state index is 12.3. The molecule has 0 N–H and O–H groups in total. The molecule has 1 aromatic carbocycles. The standard InChI is InChI=1S/C21H24BrN3O3/c1-3-28-20(26)17-9-8-16(17)18-10-19(13-4-6-15(27-2)7-5-13)25-12-14(22)11-23-21(25)24-18/h4-7,11-12,16-19H,3,8-10H2,1-2H3. The highest BCUT2D eigenvalue weighted by molar-refractivity contribution is 9.12. The van der Waals surface area contributed by atoms with Crippen molar-refractivity contribution < 1.29 is 14.3 Å². The zero-order valence-corrected chi connectivity index (χ0v) is 17.6. The molecule has 28 heavy (non-hydrogen) atoms. The second-order valence-corrected chi connectivity index (χ2v) is 8.22.